The molecule has 1 fully saturated rings. The average Bonchev–Trinajstić information content (AvgIpc) is 3.15. The van der Waals surface area contributed by atoms with E-state index < -0.39 is 11.7 Å². The number of hydrogen-bond acceptors (Lipinski definition) is 3. The second-order valence-electron chi connectivity index (χ2n) is 7.19. The summed E-state index contributed by atoms with van der Waals surface area (Å²) in [5, 5.41) is 1.22. The number of fused-ring (bicyclic) bond motifs is 1. The predicted molar refractivity (Wildman–Crippen MR) is 111 cm³/mol. The van der Waals surface area contributed by atoms with Gasteiger partial charge in [0, 0.05) is 53.4 Å². The van der Waals surface area contributed by atoms with E-state index in [9.17, 15) is 14.4 Å². The summed E-state index contributed by atoms with van der Waals surface area (Å²) in [5.41, 5.74) is 1.66. The summed E-state index contributed by atoms with van der Waals surface area (Å²) in [4.78, 5) is 44.7. The highest BCUT2D eigenvalue weighted by molar-refractivity contribution is 6.45. The van der Waals surface area contributed by atoms with Crippen LogP contribution in [0.3, 0.4) is 0 Å². The SMILES string of the molecule is C[C@H]1CN(C(=O)c2ccccc2)CCN1C(=O)C(=O)c1c[nH]c2cc(Cl)ccc12. The van der Waals surface area contributed by atoms with Crippen LogP contribution in [0.5, 0.6) is 0 Å². The molecular formula is C22H20ClN3O3. The number of amides is 2. The van der Waals surface area contributed by atoms with Crippen LogP contribution in [0.2, 0.25) is 5.02 Å². The van der Waals surface area contributed by atoms with Gasteiger partial charge in [-0.1, -0.05) is 35.9 Å². The van der Waals surface area contributed by atoms with Crippen molar-refractivity contribution in [1.29, 1.82) is 0 Å². The Bertz CT molecular complexity index is 1090. The van der Waals surface area contributed by atoms with Crippen LogP contribution in [0.25, 0.3) is 10.9 Å². The fraction of sp³-hybridized carbons (Fsp3) is 0.227. The number of aromatic nitrogens is 1. The van der Waals surface area contributed by atoms with Crippen LogP contribution in [-0.4, -0.2) is 58.1 Å². The summed E-state index contributed by atoms with van der Waals surface area (Å²) in [6, 6.07) is 13.9. The quantitative estimate of drug-likeness (QED) is 0.532. The van der Waals surface area contributed by atoms with Crippen molar-refractivity contribution in [3.8, 4) is 0 Å². The first-order chi connectivity index (χ1) is 14.0. The Balaban J connectivity index is 1.48. The van der Waals surface area contributed by atoms with E-state index in [1.807, 2.05) is 25.1 Å². The summed E-state index contributed by atoms with van der Waals surface area (Å²) in [6.45, 7) is 2.94. The van der Waals surface area contributed by atoms with Gasteiger partial charge in [-0.25, -0.2) is 0 Å². The Morgan fingerprint density at radius 1 is 1.07 bits per heavy atom. The number of nitrogens with one attached hydrogen (secondary N) is 1. The zero-order valence-corrected chi connectivity index (χ0v) is 16.6. The number of aromatic amines is 1. The van der Waals surface area contributed by atoms with Gasteiger partial charge in [-0.2, -0.15) is 0 Å². The van der Waals surface area contributed by atoms with Crippen molar-refractivity contribution in [2.24, 2.45) is 0 Å². The van der Waals surface area contributed by atoms with Gasteiger partial charge in [-0.05, 0) is 31.2 Å². The van der Waals surface area contributed by atoms with Crippen molar-refractivity contribution >= 4 is 40.1 Å². The average molecular weight is 410 g/mol. The first-order valence-electron chi connectivity index (χ1n) is 9.42. The highest BCUT2D eigenvalue weighted by Gasteiger charge is 2.34. The Labute approximate surface area is 173 Å². The van der Waals surface area contributed by atoms with Crippen LogP contribution in [0.1, 0.15) is 27.6 Å². The molecule has 0 aliphatic carbocycles. The minimum absolute atomic E-state index is 0.0654. The number of hydrogen-bond donors (Lipinski definition) is 1. The van der Waals surface area contributed by atoms with E-state index in [0.29, 0.717) is 46.7 Å². The second-order valence-corrected chi connectivity index (χ2v) is 7.62. The number of carbonyl (C=O) groups excluding carboxylic acids is 3. The Hall–Kier alpha value is -3.12. The van der Waals surface area contributed by atoms with E-state index in [0.717, 1.165) is 0 Å². The zero-order valence-electron chi connectivity index (χ0n) is 15.9. The standard InChI is InChI=1S/C22H20ClN3O3/c1-14-13-25(21(28)15-5-3-2-4-6-15)9-10-26(14)22(29)20(27)18-12-24-19-11-16(23)7-8-17(18)19/h2-8,11-12,14,24H,9-10,13H2,1H3/t14-/m0/s1. The van der Waals surface area contributed by atoms with Gasteiger partial charge >= 0.3 is 0 Å². The number of carbonyl (C=O) groups is 3. The topological polar surface area (TPSA) is 73.5 Å². The van der Waals surface area contributed by atoms with Gasteiger partial charge in [0.05, 0.1) is 5.56 Å². The van der Waals surface area contributed by atoms with Gasteiger partial charge in [-0.3, -0.25) is 14.4 Å². The monoisotopic (exact) mass is 409 g/mol. The van der Waals surface area contributed by atoms with Gasteiger partial charge in [0.15, 0.2) is 0 Å². The van der Waals surface area contributed by atoms with Crippen LogP contribution >= 0.6 is 11.6 Å². The molecule has 1 saturated heterocycles. The summed E-state index contributed by atoms with van der Waals surface area (Å²) in [6.07, 6.45) is 1.54. The number of benzene rings is 2. The van der Waals surface area contributed by atoms with Crippen molar-refractivity contribution in [2.75, 3.05) is 19.6 Å². The number of halogens is 1. The molecular weight excluding hydrogens is 390 g/mol. The molecule has 2 amide bonds. The molecule has 1 N–H and O–H groups in total. The highest BCUT2D eigenvalue weighted by atomic mass is 35.5. The third kappa shape index (κ3) is 3.63. The number of ketones is 1. The third-order valence-electron chi connectivity index (χ3n) is 5.28. The first kappa shape index (κ1) is 19.2. The van der Waals surface area contributed by atoms with Crippen LogP contribution in [0.4, 0.5) is 0 Å². The van der Waals surface area contributed by atoms with Gasteiger partial charge in [0.2, 0.25) is 0 Å². The molecule has 3 aromatic rings. The van der Waals surface area contributed by atoms with Crippen molar-refractivity contribution in [3.05, 3.63) is 70.9 Å². The summed E-state index contributed by atoms with van der Waals surface area (Å²) < 4.78 is 0. The molecule has 1 aliphatic heterocycles. The molecule has 0 radical (unpaired) electrons. The normalized spacial score (nSPS) is 16.8. The fourth-order valence-corrected chi connectivity index (χ4v) is 3.91. The maximum absolute atomic E-state index is 12.9. The zero-order chi connectivity index (χ0) is 20.5. The molecule has 29 heavy (non-hydrogen) atoms. The van der Waals surface area contributed by atoms with Crippen molar-refractivity contribution in [2.45, 2.75) is 13.0 Å². The Kier molecular flexibility index (Phi) is 5.11. The van der Waals surface area contributed by atoms with Gasteiger partial charge in [0.1, 0.15) is 0 Å². The maximum Gasteiger partial charge on any atom is 0.295 e. The predicted octanol–water partition coefficient (Wildman–Crippen LogP) is 3.38. The van der Waals surface area contributed by atoms with Gasteiger partial charge in [0.25, 0.3) is 17.6 Å². The smallest absolute Gasteiger partial charge is 0.295 e. The van der Waals surface area contributed by atoms with Gasteiger partial charge < -0.3 is 14.8 Å². The lowest BCUT2D eigenvalue weighted by Gasteiger charge is -2.39. The molecule has 0 saturated carbocycles. The minimum Gasteiger partial charge on any atom is -0.360 e. The second kappa shape index (κ2) is 7.72. The maximum atomic E-state index is 12.9. The molecule has 2 aromatic carbocycles. The molecule has 4 rings (SSSR count). The van der Waals surface area contributed by atoms with Crippen molar-refractivity contribution < 1.29 is 14.4 Å². The first-order valence-corrected chi connectivity index (χ1v) is 9.80. The Morgan fingerprint density at radius 3 is 2.55 bits per heavy atom. The van der Waals surface area contributed by atoms with E-state index >= 15 is 0 Å². The Morgan fingerprint density at radius 2 is 1.83 bits per heavy atom. The van der Waals surface area contributed by atoms with E-state index in [1.165, 1.54) is 0 Å². The number of nitrogens with zero attached hydrogens (tertiary/aromatic N) is 2. The molecule has 0 bridgehead atoms. The number of H-pyrrole nitrogens is 1. The van der Waals surface area contributed by atoms with E-state index in [-0.39, 0.29) is 11.9 Å². The number of Topliss-reactive ketones (excluding diaryl/α,β-unsaturated/α-hetero) is 1. The fourth-order valence-electron chi connectivity index (χ4n) is 3.74. The molecule has 1 aliphatic rings. The number of rotatable bonds is 3. The lowest BCUT2D eigenvalue weighted by atomic mass is 10.1. The lowest BCUT2D eigenvalue weighted by molar-refractivity contribution is -0.130. The van der Waals surface area contributed by atoms with Crippen LogP contribution in [0, 0.1) is 0 Å². The molecule has 2 heterocycles. The molecule has 148 valence electrons. The molecule has 1 atom stereocenters. The van der Waals surface area contributed by atoms with E-state index in [1.54, 1.807) is 46.3 Å². The summed E-state index contributed by atoms with van der Waals surface area (Å²) >= 11 is 5.98. The van der Waals surface area contributed by atoms with Crippen LogP contribution in [0.15, 0.2) is 54.7 Å². The van der Waals surface area contributed by atoms with Crippen molar-refractivity contribution in [3.63, 3.8) is 0 Å². The van der Waals surface area contributed by atoms with Crippen LogP contribution in [-0.2, 0) is 4.79 Å². The molecule has 1 aromatic heterocycles. The lowest BCUT2D eigenvalue weighted by Crippen LogP contribution is -2.56. The molecule has 0 unspecified atom stereocenters. The van der Waals surface area contributed by atoms with Gasteiger partial charge in [-0.15, -0.1) is 0 Å². The third-order valence-corrected chi connectivity index (χ3v) is 5.51. The van der Waals surface area contributed by atoms with E-state index in [2.05, 4.69) is 4.98 Å². The number of piperazine rings is 1. The minimum atomic E-state index is -0.562. The molecule has 6 nitrogen and oxygen atoms in total. The van der Waals surface area contributed by atoms with E-state index in [4.69, 9.17) is 11.6 Å². The molecule has 7 heteroatoms. The molecule has 0 spiro atoms. The summed E-state index contributed by atoms with van der Waals surface area (Å²) in [5.74, 6) is -1.18. The summed E-state index contributed by atoms with van der Waals surface area (Å²) in [7, 11) is 0. The largest absolute Gasteiger partial charge is 0.360 e. The van der Waals surface area contributed by atoms with Crippen LogP contribution < -0.4 is 0 Å². The highest BCUT2D eigenvalue weighted by Crippen LogP contribution is 2.23. The van der Waals surface area contributed by atoms with Crippen molar-refractivity contribution in [1.82, 2.24) is 14.8 Å².